The van der Waals surface area contributed by atoms with Crippen LogP contribution in [0.15, 0.2) is 46.2 Å². The molecule has 0 radical (unpaired) electrons. The van der Waals surface area contributed by atoms with Gasteiger partial charge in [-0.1, -0.05) is 30.3 Å². The first kappa shape index (κ1) is 12.8. The Kier molecular flexibility index (Phi) is 3.24. The monoisotopic (exact) mass is 283 g/mol. The Morgan fingerprint density at radius 2 is 1.95 bits per heavy atom. The van der Waals surface area contributed by atoms with Gasteiger partial charge in [0.15, 0.2) is 5.01 Å². The number of aryl methyl sites for hydroxylation is 2. The molecule has 100 valence electrons. The molecule has 4 heteroatoms. The Morgan fingerprint density at radius 3 is 2.60 bits per heavy atom. The van der Waals surface area contributed by atoms with E-state index in [-0.39, 0.29) is 5.78 Å². The number of aromatic nitrogens is 1. The van der Waals surface area contributed by atoms with Crippen LogP contribution in [0.1, 0.15) is 26.9 Å². The average Bonchev–Trinajstić information content (AvgIpc) is 3.05. The molecule has 0 aliphatic rings. The fraction of sp³-hybridized carbons (Fsp3) is 0.125. The van der Waals surface area contributed by atoms with Gasteiger partial charge in [-0.05, 0) is 19.9 Å². The molecule has 0 bridgehead atoms. The fourth-order valence-electron chi connectivity index (χ4n) is 2.10. The van der Waals surface area contributed by atoms with Crippen molar-refractivity contribution in [3.05, 3.63) is 63.9 Å². The van der Waals surface area contributed by atoms with Crippen LogP contribution in [0.3, 0.4) is 0 Å². The first-order valence-electron chi connectivity index (χ1n) is 6.28. The molecule has 0 spiro atoms. The van der Waals surface area contributed by atoms with Gasteiger partial charge >= 0.3 is 0 Å². The summed E-state index contributed by atoms with van der Waals surface area (Å²) >= 11 is 1.36. The Labute approximate surface area is 120 Å². The van der Waals surface area contributed by atoms with Crippen molar-refractivity contribution in [3.8, 4) is 11.3 Å². The van der Waals surface area contributed by atoms with Gasteiger partial charge in [0.25, 0.3) is 0 Å². The average molecular weight is 283 g/mol. The van der Waals surface area contributed by atoms with E-state index < -0.39 is 0 Å². The van der Waals surface area contributed by atoms with Crippen LogP contribution in [-0.2, 0) is 0 Å². The van der Waals surface area contributed by atoms with Gasteiger partial charge in [-0.15, -0.1) is 11.3 Å². The quantitative estimate of drug-likeness (QED) is 0.675. The Balaban J connectivity index is 1.95. The summed E-state index contributed by atoms with van der Waals surface area (Å²) in [5, 5.41) is 2.40. The summed E-state index contributed by atoms with van der Waals surface area (Å²) in [4.78, 5) is 16.7. The third-order valence-electron chi connectivity index (χ3n) is 3.05. The number of ketones is 1. The van der Waals surface area contributed by atoms with Crippen molar-refractivity contribution in [3.63, 3.8) is 0 Å². The number of carbonyl (C=O) groups is 1. The van der Waals surface area contributed by atoms with Crippen LogP contribution in [0.5, 0.6) is 0 Å². The van der Waals surface area contributed by atoms with E-state index in [9.17, 15) is 4.79 Å². The molecule has 0 saturated carbocycles. The maximum atomic E-state index is 12.3. The highest BCUT2D eigenvalue weighted by Gasteiger charge is 2.16. The zero-order valence-corrected chi connectivity index (χ0v) is 12.0. The van der Waals surface area contributed by atoms with Gasteiger partial charge in [-0.3, -0.25) is 4.79 Å². The number of thiazole rings is 1. The lowest BCUT2D eigenvalue weighted by atomic mass is 10.1. The van der Waals surface area contributed by atoms with Crippen LogP contribution in [0.2, 0.25) is 0 Å². The SMILES string of the molecule is Cc1cc(-c2csc(C(=O)c3ccccc3)n2)c(C)o1. The lowest BCUT2D eigenvalue weighted by Gasteiger charge is -1.96. The van der Waals surface area contributed by atoms with Crippen molar-refractivity contribution in [2.24, 2.45) is 0 Å². The molecule has 1 aromatic carbocycles. The van der Waals surface area contributed by atoms with Gasteiger partial charge in [0.2, 0.25) is 5.78 Å². The second-order valence-corrected chi connectivity index (χ2v) is 5.42. The van der Waals surface area contributed by atoms with E-state index >= 15 is 0 Å². The Bertz CT molecular complexity index is 756. The standard InChI is InChI=1S/C16H13NO2S/c1-10-8-13(11(2)19-10)14-9-20-16(17-14)15(18)12-6-4-3-5-7-12/h3-9H,1-2H3. The molecule has 2 heterocycles. The van der Waals surface area contributed by atoms with Crippen LogP contribution in [0.4, 0.5) is 0 Å². The van der Waals surface area contributed by atoms with Crippen LogP contribution in [-0.4, -0.2) is 10.8 Å². The molecular formula is C16H13NO2S. The van der Waals surface area contributed by atoms with E-state index in [1.54, 1.807) is 12.1 Å². The third-order valence-corrected chi connectivity index (χ3v) is 3.89. The molecule has 3 rings (SSSR count). The lowest BCUT2D eigenvalue weighted by Crippen LogP contribution is -2.00. The van der Waals surface area contributed by atoms with Crippen LogP contribution in [0, 0.1) is 13.8 Å². The molecule has 0 unspecified atom stereocenters. The van der Waals surface area contributed by atoms with Gasteiger partial charge in [-0.2, -0.15) is 0 Å². The second-order valence-electron chi connectivity index (χ2n) is 4.56. The lowest BCUT2D eigenvalue weighted by molar-refractivity contribution is 0.103. The zero-order valence-electron chi connectivity index (χ0n) is 11.2. The molecule has 2 aromatic heterocycles. The summed E-state index contributed by atoms with van der Waals surface area (Å²) in [5.74, 6) is 1.63. The smallest absolute Gasteiger partial charge is 0.221 e. The summed E-state index contributed by atoms with van der Waals surface area (Å²) in [6.45, 7) is 3.80. The first-order valence-corrected chi connectivity index (χ1v) is 7.16. The van der Waals surface area contributed by atoms with E-state index in [4.69, 9.17) is 4.42 Å². The summed E-state index contributed by atoms with van der Waals surface area (Å²) in [5.41, 5.74) is 2.41. The molecule has 0 fully saturated rings. The van der Waals surface area contributed by atoms with E-state index in [1.165, 1.54) is 11.3 Å². The summed E-state index contributed by atoms with van der Waals surface area (Å²) in [6.07, 6.45) is 0. The van der Waals surface area contributed by atoms with Crippen LogP contribution < -0.4 is 0 Å². The molecule has 0 N–H and O–H groups in total. The topological polar surface area (TPSA) is 43.1 Å². The highest BCUT2D eigenvalue weighted by molar-refractivity contribution is 7.12. The maximum Gasteiger partial charge on any atom is 0.221 e. The van der Waals surface area contributed by atoms with E-state index in [0.717, 1.165) is 22.8 Å². The Morgan fingerprint density at radius 1 is 1.20 bits per heavy atom. The van der Waals surface area contributed by atoms with Crippen molar-refractivity contribution in [1.82, 2.24) is 4.98 Å². The van der Waals surface area contributed by atoms with Crippen molar-refractivity contribution in [2.45, 2.75) is 13.8 Å². The highest BCUT2D eigenvalue weighted by atomic mass is 32.1. The summed E-state index contributed by atoms with van der Waals surface area (Å²) < 4.78 is 5.50. The van der Waals surface area contributed by atoms with Crippen LogP contribution in [0.25, 0.3) is 11.3 Å². The largest absolute Gasteiger partial charge is 0.466 e. The number of carbonyl (C=O) groups excluding carboxylic acids is 1. The number of benzene rings is 1. The third kappa shape index (κ3) is 2.30. The molecule has 0 amide bonds. The number of hydrogen-bond donors (Lipinski definition) is 0. The van der Waals surface area contributed by atoms with Crippen molar-refractivity contribution in [2.75, 3.05) is 0 Å². The van der Waals surface area contributed by atoms with Gasteiger partial charge < -0.3 is 4.42 Å². The molecule has 3 nitrogen and oxygen atoms in total. The molecule has 3 aromatic rings. The molecule has 20 heavy (non-hydrogen) atoms. The van der Waals surface area contributed by atoms with E-state index in [2.05, 4.69) is 4.98 Å². The molecule has 0 atom stereocenters. The van der Waals surface area contributed by atoms with E-state index in [0.29, 0.717) is 10.6 Å². The minimum absolute atomic E-state index is 0.0419. The minimum Gasteiger partial charge on any atom is -0.466 e. The molecule has 0 aliphatic heterocycles. The predicted octanol–water partition coefficient (Wildman–Crippen LogP) is 4.25. The minimum atomic E-state index is -0.0419. The number of furan rings is 1. The van der Waals surface area contributed by atoms with Crippen molar-refractivity contribution in [1.29, 1.82) is 0 Å². The van der Waals surface area contributed by atoms with Crippen molar-refractivity contribution >= 4 is 17.1 Å². The van der Waals surface area contributed by atoms with Gasteiger partial charge in [0.05, 0.1) is 5.69 Å². The van der Waals surface area contributed by atoms with E-state index in [1.807, 2.05) is 43.5 Å². The number of rotatable bonds is 3. The highest BCUT2D eigenvalue weighted by Crippen LogP contribution is 2.28. The fourth-order valence-corrected chi connectivity index (χ4v) is 2.88. The first-order chi connectivity index (χ1) is 9.65. The normalized spacial score (nSPS) is 10.7. The number of nitrogens with zero attached hydrogens (tertiary/aromatic N) is 1. The second kappa shape index (κ2) is 5.06. The zero-order chi connectivity index (χ0) is 14.1. The number of hydrogen-bond acceptors (Lipinski definition) is 4. The maximum absolute atomic E-state index is 12.3. The predicted molar refractivity (Wildman–Crippen MR) is 79.2 cm³/mol. The van der Waals surface area contributed by atoms with Gasteiger partial charge in [0, 0.05) is 16.5 Å². The van der Waals surface area contributed by atoms with Gasteiger partial charge in [-0.25, -0.2) is 4.98 Å². The van der Waals surface area contributed by atoms with Crippen LogP contribution >= 0.6 is 11.3 Å². The summed E-state index contributed by atoms with van der Waals surface area (Å²) in [6, 6.07) is 11.1. The van der Waals surface area contributed by atoms with Crippen molar-refractivity contribution < 1.29 is 9.21 Å². The molecule has 0 saturated heterocycles. The molecular weight excluding hydrogens is 270 g/mol. The Hall–Kier alpha value is -2.20. The summed E-state index contributed by atoms with van der Waals surface area (Å²) in [7, 11) is 0. The van der Waals surface area contributed by atoms with Gasteiger partial charge in [0.1, 0.15) is 11.5 Å². The molecule has 0 aliphatic carbocycles.